The van der Waals surface area contributed by atoms with Crippen molar-refractivity contribution in [3.8, 4) is 22.6 Å². The van der Waals surface area contributed by atoms with Gasteiger partial charge < -0.3 is 4.52 Å². The van der Waals surface area contributed by atoms with E-state index in [4.69, 9.17) is 4.52 Å². The van der Waals surface area contributed by atoms with Crippen LogP contribution in [0.2, 0.25) is 0 Å². The van der Waals surface area contributed by atoms with Gasteiger partial charge in [-0.2, -0.15) is 10.1 Å². The molecule has 0 spiro atoms. The lowest BCUT2D eigenvalue weighted by atomic mass is 9.87. The minimum Gasteiger partial charge on any atom is -0.339 e. The number of hydrogen-bond acceptors (Lipinski definition) is 5. The average Bonchev–Trinajstić information content (AvgIpc) is 3.29. The highest BCUT2D eigenvalue weighted by Crippen LogP contribution is 2.27. The van der Waals surface area contributed by atoms with Crippen LogP contribution in [0.15, 0.2) is 63.9 Å². The molecule has 34 heavy (non-hydrogen) atoms. The third kappa shape index (κ3) is 5.11. The van der Waals surface area contributed by atoms with Crippen molar-refractivity contribution >= 4 is 0 Å². The van der Waals surface area contributed by atoms with Gasteiger partial charge in [0, 0.05) is 29.7 Å². The molecule has 1 aliphatic rings. The van der Waals surface area contributed by atoms with Crippen molar-refractivity contribution in [3.63, 3.8) is 0 Å². The first-order valence-electron chi connectivity index (χ1n) is 11.5. The van der Waals surface area contributed by atoms with Gasteiger partial charge >= 0.3 is 0 Å². The fraction of sp³-hybridized carbons (Fsp3) is 0.308. The summed E-state index contributed by atoms with van der Waals surface area (Å²) in [7, 11) is 0. The first-order valence-corrected chi connectivity index (χ1v) is 11.5. The minimum absolute atomic E-state index is 0.186. The summed E-state index contributed by atoms with van der Waals surface area (Å²) in [5.74, 6) is 0.359. The number of rotatable bonds is 6. The normalized spacial score (nSPS) is 14.4. The van der Waals surface area contributed by atoms with Crippen LogP contribution in [0.3, 0.4) is 0 Å². The van der Waals surface area contributed by atoms with Crippen LogP contribution in [0.1, 0.15) is 43.6 Å². The molecule has 0 radical (unpaired) electrons. The van der Waals surface area contributed by atoms with Crippen molar-refractivity contribution in [3.05, 3.63) is 88.0 Å². The Morgan fingerprint density at radius 1 is 0.941 bits per heavy atom. The van der Waals surface area contributed by atoms with E-state index in [1.807, 2.05) is 24.3 Å². The number of hydrogen-bond donors (Lipinski definition) is 0. The third-order valence-corrected chi connectivity index (χ3v) is 6.20. The Bertz CT molecular complexity index is 1340. The zero-order chi connectivity index (χ0) is 23.5. The topological polar surface area (TPSA) is 73.8 Å². The van der Waals surface area contributed by atoms with Gasteiger partial charge in [0.15, 0.2) is 0 Å². The van der Waals surface area contributed by atoms with Crippen LogP contribution in [0.25, 0.3) is 22.6 Å². The van der Waals surface area contributed by atoms with E-state index in [2.05, 4.69) is 15.2 Å². The SMILES string of the molecule is O=c1ccc(-c2cc(F)cc(F)c2)nn1Cc1cccc(-c2noc(CC3CCCCC3)n2)c1. The van der Waals surface area contributed by atoms with Gasteiger partial charge in [-0.1, -0.05) is 42.6 Å². The largest absolute Gasteiger partial charge is 0.339 e. The summed E-state index contributed by atoms with van der Waals surface area (Å²) in [6.45, 7) is 0.186. The van der Waals surface area contributed by atoms with Crippen LogP contribution in [-0.2, 0) is 13.0 Å². The zero-order valence-corrected chi connectivity index (χ0v) is 18.6. The summed E-state index contributed by atoms with van der Waals surface area (Å²) < 4.78 is 34.0. The van der Waals surface area contributed by atoms with Crippen molar-refractivity contribution in [2.24, 2.45) is 5.92 Å². The van der Waals surface area contributed by atoms with Crippen LogP contribution in [0, 0.1) is 17.6 Å². The van der Waals surface area contributed by atoms with Gasteiger partial charge in [-0.3, -0.25) is 4.79 Å². The van der Waals surface area contributed by atoms with Crippen LogP contribution in [0.5, 0.6) is 0 Å². The van der Waals surface area contributed by atoms with E-state index in [9.17, 15) is 13.6 Å². The fourth-order valence-corrected chi connectivity index (χ4v) is 4.49. The van der Waals surface area contributed by atoms with Crippen molar-refractivity contribution in [2.75, 3.05) is 0 Å². The van der Waals surface area contributed by atoms with E-state index in [0.29, 0.717) is 23.3 Å². The van der Waals surface area contributed by atoms with Gasteiger partial charge in [-0.25, -0.2) is 13.5 Å². The highest BCUT2D eigenvalue weighted by molar-refractivity contribution is 5.58. The molecular formula is C26H24F2N4O2. The molecular weight excluding hydrogens is 438 g/mol. The van der Waals surface area contributed by atoms with Crippen molar-refractivity contribution in [1.29, 1.82) is 0 Å². The summed E-state index contributed by atoms with van der Waals surface area (Å²) in [5, 5.41) is 8.46. The molecule has 1 fully saturated rings. The van der Waals surface area contributed by atoms with E-state index in [0.717, 1.165) is 23.6 Å². The van der Waals surface area contributed by atoms with Crippen molar-refractivity contribution in [1.82, 2.24) is 19.9 Å². The van der Waals surface area contributed by atoms with Crippen molar-refractivity contribution < 1.29 is 13.3 Å². The molecule has 2 aromatic carbocycles. The first kappa shape index (κ1) is 22.1. The molecule has 1 aliphatic carbocycles. The maximum Gasteiger partial charge on any atom is 0.267 e. The summed E-state index contributed by atoms with van der Waals surface area (Å²) in [6.07, 6.45) is 7.04. The summed E-state index contributed by atoms with van der Waals surface area (Å²) in [6, 6.07) is 13.5. The van der Waals surface area contributed by atoms with E-state index >= 15 is 0 Å². The van der Waals surface area contributed by atoms with Crippen LogP contribution >= 0.6 is 0 Å². The molecule has 0 N–H and O–H groups in total. The van der Waals surface area contributed by atoms with Crippen molar-refractivity contribution in [2.45, 2.75) is 45.1 Å². The second kappa shape index (κ2) is 9.67. The maximum atomic E-state index is 13.6. The van der Waals surface area contributed by atoms with Crippen LogP contribution < -0.4 is 5.56 Å². The van der Waals surface area contributed by atoms with E-state index in [1.165, 1.54) is 61.1 Å². The lowest BCUT2D eigenvalue weighted by molar-refractivity contribution is 0.305. The number of halogens is 2. The van der Waals surface area contributed by atoms with Gasteiger partial charge in [0.25, 0.3) is 5.56 Å². The first-order chi connectivity index (χ1) is 16.5. The average molecular weight is 463 g/mol. The molecule has 0 unspecified atom stereocenters. The highest BCUT2D eigenvalue weighted by atomic mass is 19.1. The highest BCUT2D eigenvalue weighted by Gasteiger charge is 2.18. The quantitative estimate of drug-likeness (QED) is 0.383. The Labute approximate surface area is 195 Å². The molecule has 6 nitrogen and oxygen atoms in total. The zero-order valence-electron chi connectivity index (χ0n) is 18.6. The van der Waals surface area contributed by atoms with Crippen LogP contribution in [0.4, 0.5) is 8.78 Å². The van der Waals surface area contributed by atoms with Gasteiger partial charge in [-0.05, 0) is 48.6 Å². The Morgan fingerprint density at radius 2 is 1.74 bits per heavy atom. The molecule has 2 heterocycles. The van der Waals surface area contributed by atoms with Gasteiger partial charge in [-0.15, -0.1) is 0 Å². The van der Waals surface area contributed by atoms with Crippen LogP contribution in [-0.4, -0.2) is 19.9 Å². The molecule has 5 rings (SSSR count). The number of nitrogens with zero attached hydrogens (tertiary/aromatic N) is 4. The summed E-state index contributed by atoms with van der Waals surface area (Å²) >= 11 is 0. The monoisotopic (exact) mass is 462 g/mol. The van der Waals surface area contributed by atoms with Gasteiger partial charge in [0.2, 0.25) is 11.7 Å². The second-order valence-electron chi connectivity index (χ2n) is 8.79. The molecule has 0 aliphatic heterocycles. The minimum atomic E-state index is -0.704. The lowest BCUT2D eigenvalue weighted by Crippen LogP contribution is -2.22. The molecule has 0 saturated heterocycles. The Hall–Kier alpha value is -3.68. The van der Waals surface area contributed by atoms with Gasteiger partial charge in [0.1, 0.15) is 11.6 Å². The van der Waals surface area contributed by atoms with E-state index in [1.54, 1.807) is 0 Å². The summed E-state index contributed by atoms with van der Waals surface area (Å²) in [5.41, 5.74) is 1.85. The summed E-state index contributed by atoms with van der Waals surface area (Å²) in [4.78, 5) is 17.0. The van der Waals surface area contributed by atoms with E-state index in [-0.39, 0.29) is 17.7 Å². The number of aromatic nitrogens is 4. The maximum absolute atomic E-state index is 13.6. The molecule has 0 atom stereocenters. The molecule has 2 aromatic heterocycles. The molecule has 1 saturated carbocycles. The third-order valence-electron chi connectivity index (χ3n) is 6.20. The molecule has 8 heteroatoms. The predicted molar refractivity (Wildman–Crippen MR) is 123 cm³/mol. The smallest absolute Gasteiger partial charge is 0.267 e. The molecule has 0 bridgehead atoms. The lowest BCUT2D eigenvalue weighted by Gasteiger charge is -2.19. The Morgan fingerprint density at radius 3 is 2.53 bits per heavy atom. The molecule has 174 valence electrons. The van der Waals surface area contributed by atoms with Gasteiger partial charge in [0.05, 0.1) is 12.2 Å². The van der Waals surface area contributed by atoms with E-state index < -0.39 is 11.6 Å². The molecule has 4 aromatic rings. The Balaban J connectivity index is 1.36. The molecule has 0 amide bonds. The predicted octanol–water partition coefficient (Wildman–Crippen LogP) is 5.41. The second-order valence-corrected chi connectivity index (χ2v) is 8.79. The standard InChI is InChI=1S/C26H24F2N4O2/c27-21-13-20(14-22(28)15-21)23-9-10-25(33)32(30-23)16-18-7-4-8-19(11-18)26-29-24(34-31-26)12-17-5-2-1-3-6-17/h4,7-11,13-15,17H,1-3,5-6,12,16H2. The fourth-order valence-electron chi connectivity index (χ4n) is 4.49. The Kier molecular flexibility index (Phi) is 6.29. The number of benzene rings is 2.